The number of nitrogens with zero attached hydrogens (tertiary/aromatic N) is 5. The smallest absolute Gasteiger partial charge is 0.267 e. The van der Waals surface area contributed by atoms with Gasteiger partial charge >= 0.3 is 0 Å². The van der Waals surface area contributed by atoms with E-state index in [1.54, 1.807) is 4.57 Å². The van der Waals surface area contributed by atoms with Gasteiger partial charge in [0.15, 0.2) is 0 Å². The van der Waals surface area contributed by atoms with Crippen LogP contribution in [0.25, 0.3) is 72.6 Å². The first-order chi connectivity index (χ1) is 22.2. The summed E-state index contributed by atoms with van der Waals surface area (Å²) in [4.78, 5) is 23.7. The standard InChI is InChI=1S/C39H25N5O/c45-38-31-12-4-7-15-34(31)44-36-17-9-6-14-33(36)41-39(44)43(38)30-24-22-27(23-25-30)26-18-20-28(21-19-26)37-40-32-13-5-8-16-35(32)42(37)29-10-2-1-3-11-29/h1-25H. The highest BCUT2D eigenvalue weighted by Gasteiger charge is 2.17. The second-order valence-corrected chi connectivity index (χ2v) is 11.1. The molecule has 0 atom stereocenters. The van der Waals surface area contributed by atoms with Crippen LogP contribution in [0, 0.1) is 0 Å². The normalized spacial score (nSPS) is 11.6. The lowest BCUT2D eigenvalue weighted by atomic mass is 10.0. The third kappa shape index (κ3) is 3.93. The van der Waals surface area contributed by atoms with Gasteiger partial charge in [-0.3, -0.25) is 13.8 Å². The highest BCUT2D eigenvalue weighted by molar-refractivity contribution is 5.90. The van der Waals surface area contributed by atoms with Gasteiger partial charge in [-0.05, 0) is 71.8 Å². The number of fused-ring (bicyclic) bond motifs is 6. The number of imidazole rings is 2. The monoisotopic (exact) mass is 579 g/mol. The summed E-state index contributed by atoms with van der Waals surface area (Å²) in [6.45, 7) is 0. The number of hydrogen-bond acceptors (Lipinski definition) is 3. The van der Waals surface area contributed by atoms with Gasteiger partial charge in [-0.2, -0.15) is 0 Å². The number of rotatable bonds is 4. The van der Waals surface area contributed by atoms with Crippen LogP contribution in [-0.2, 0) is 0 Å². The number of hydrogen-bond donors (Lipinski definition) is 0. The van der Waals surface area contributed by atoms with Crippen molar-refractivity contribution in [3.05, 3.63) is 162 Å². The highest BCUT2D eigenvalue weighted by atomic mass is 16.1. The van der Waals surface area contributed by atoms with Crippen LogP contribution in [0.1, 0.15) is 0 Å². The largest absolute Gasteiger partial charge is 0.292 e. The first-order valence-corrected chi connectivity index (χ1v) is 14.9. The minimum atomic E-state index is -0.0909. The van der Waals surface area contributed by atoms with E-state index in [2.05, 4.69) is 69.6 Å². The summed E-state index contributed by atoms with van der Waals surface area (Å²) in [5, 5.41) is 0.648. The van der Waals surface area contributed by atoms with Gasteiger partial charge in [0.1, 0.15) is 5.82 Å². The Morgan fingerprint density at radius 2 is 0.956 bits per heavy atom. The maximum absolute atomic E-state index is 13.8. The van der Waals surface area contributed by atoms with Crippen LogP contribution in [0.4, 0.5) is 0 Å². The van der Waals surface area contributed by atoms with E-state index in [1.165, 1.54) is 0 Å². The molecule has 0 aliphatic carbocycles. The summed E-state index contributed by atoms with van der Waals surface area (Å²) in [6.07, 6.45) is 0. The molecule has 45 heavy (non-hydrogen) atoms. The Bertz CT molecular complexity index is 2590. The molecule has 0 fully saturated rings. The molecule has 0 bridgehead atoms. The molecule has 9 rings (SSSR count). The van der Waals surface area contributed by atoms with Crippen LogP contribution in [-0.4, -0.2) is 23.5 Å². The van der Waals surface area contributed by atoms with Crippen LogP contribution >= 0.6 is 0 Å². The van der Waals surface area contributed by atoms with E-state index in [-0.39, 0.29) is 5.56 Å². The van der Waals surface area contributed by atoms with E-state index in [0.717, 1.165) is 61.5 Å². The predicted octanol–water partition coefficient (Wildman–Crippen LogP) is 8.46. The molecule has 0 aliphatic heterocycles. The average molecular weight is 580 g/mol. The molecule has 3 heterocycles. The van der Waals surface area contributed by atoms with Gasteiger partial charge in [0.05, 0.1) is 38.7 Å². The third-order valence-electron chi connectivity index (χ3n) is 8.50. The molecule has 0 radical (unpaired) electrons. The predicted molar refractivity (Wildman–Crippen MR) is 181 cm³/mol. The number of aromatic nitrogens is 5. The maximum atomic E-state index is 13.8. The van der Waals surface area contributed by atoms with Crippen LogP contribution in [0.2, 0.25) is 0 Å². The van der Waals surface area contributed by atoms with Gasteiger partial charge in [0.25, 0.3) is 5.56 Å². The third-order valence-corrected chi connectivity index (χ3v) is 8.50. The van der Waals surface area contributed by atoms with E-state index >= 15 is 0 Å². The Morgan fingerprint density at radius 3 is 1.69 bits per heavy atom. The van der Waals surface area contributed by atoms with Gasteiger partial charge in [-0.1, -0.05) is 91.0 Å². The van der Waals surface area contributed by atoms with E-state index in [1.807, 2.05) is 91.0 Å². The van der Waals surface area contributed by atoms with Crippen molar-refractivity contribution in [1.82, 2.24) is 23.5 Å². The van der Waals surface area contributed by atoms with Gasteiger partial charge in [-0.15, -0.1) is 0 Å². The lowest BCUT2D eigenvalue weighted by molar-refractivity contribution is 0.983. The van der Waals surface area contributed by atoms with Crippen molar-refractivity contribution in [2.45, 2.75) is 0 Å². The molecular formula is C39H25N5O. The molecule has 0 amide bonds. The Hall–Kier alpha value is -6.27. The highest BCUT2D eigenvalue weighted by Crippen LogP contribution is 2.31. The maximum Gasteiger partial charge on any atom is 0.267 e. The second-order valence-electron chi connectivity index (χ2n) is 11.1. The number of para-hydroxylation sites is 6. The second kappa shape index (κ2) is 9.89. The van der Waals surface area contributed by atoms with Crippen molar-refractivity contribution in [1.29, 1.82) is 0 Å². The molecule has 6 nitrogen and oxygen atoms in total. The van der Waals surface area contributed by atoms with Gasteiger partial charge < -0.3 is 0 Å². The molecule has 9 aromatic rings. The van der Waals surface area contributed by atoms with Crippen molar-refractivity contribution in [2.75, 3.05) is 0 Å². The molecule has 0 unspecified atom stereocenters. The van der Waals surface area contributed by atoms with E-state index in [0.29, 0.717) is 11.2 Å². The molecule has 6 heteroatoms. The summed E-state index contributed by atoms with van der Waals surface area (Å²) in [6, 6.07) is 50.9. The fraction of sp³-hybridized carbons (Fsp3) is 0. The van der Waals surface area contributed by atoms with Crippen molar-refractivity contribution in [2.24, 2.45) is 0 Å². The SMILES string of the molecule is O=c1c2ccccc2n2c3ccccc3nc2n1-c1ccc(-c2ccc(-c3nc4ccccc4n3-c3ccccc3)cc2)cc1. The van der Waals surface area contributed by atoms with Crippen LogP contribution < -0.4 is 5.56 Å². The van der Waals surface area contributed by atoms with E-state index < -0.39 is 0 Å². The molecule has 0 spiro atoms. The van der Waals surface area contributed by atoms with E-state index in [4.69, 9.17) is 9.97 Å². The van der Waals surface area contributed by atoms with Crippen molar-refractivity contribution in [3.63, 3.8) is 0 Å². The molecular weight excluding hydrogens is 554 g/mol. The van der Waals surface area contributed by atoms with Gasteiger partial charge in [0.2, 0.25) is 5.78 Å². The minimum absolute atomic E-state index is 0.0909. The minimum Gasteiger partial charge on any atom is -0.292 e. The summed E-state index contributed by atoms with van der Waals surface area (Å²) in [7, 11) is 0. The topological polar surface area (TPSA) is 57.1 Å². The van der Waals surface area contributed by atoms with Crippen LogP contribution in [0.3, 0.4) is 0 Å². The van der Waals surface area contributed by atoms with Crippen molar-refractivity contribution >= 4 is 38.7 Å². The van der Waals surface area contributed by atoms with Gasteiger partial charge in [-0.25, -0.2) is 14.5 Å². The molecule has 6 aromatic carbocycles. The van der Waals surface area contributed by atoms with E-state index in [9.17, 15) is 4.79 Å². The summed E-state index contributed by atoms with van der Waals surface area (Å²) in [5.41, 5.74) is 9.61. The Labute approximate surface area is 257 Å². The lowest BCUT2D eigenvalue weighted by Gasteiger charge is -2.12. The first kappa shape index (κ1) is 25.2. The molecule has 0 saturated carbocycles. The average Bonchev–Trinajstić information content (AvgIpc) is 3.68. The zero-order valence-electron chi connectivity index (χ0n) is 24.1. The number of benzene rings is 6. The quantitative estimate of drug-likeness (QED) is 0.210. The Morgan fingerprint density at radius 1 is 0.422 bits per heavy atom. The van der Waals surface area contributed by atoms with Crippen LogP contribution in [0.15, 0.2) is 156 Å². The molecule has 212 valence electrons. The van der Waals surface area contributed by atoms with Crippen LogP contribution in [0.5, 0.6) is 0 Å². The Balaban J connectivity index is 1.13. The van der Waals surface area contributed by atoms with Gasteiger partial charge in [0, 0.05) is 11.3 Å². The Kier molecular flexibility index (Phi) is 5.55. The fourth-order valence-corrected chi connectivity index (χ4v) is 6.37. The molecule has 0 saturated heterocycles. The summed E-state index contributed by atoms with van der Waals surface area (Å²) < 4.78 is 5.99. The lowest BCUT2D eigenvalue weighted by Crippen LogP contribution is -2.21. The zero-order valence-corrected chi connectivity index (χ0v) is 24.1. The molecule has 3 aromatic heterocycles. The van der Waals surface area contributed by atoms with Crippen molar-refractivity contribution < 1.29 is 0 Å². The molecule has 0 aliphatic rings. The summed E-state index contributed by atoms with van der Waals surface area (Å²) in [5.74, 6) is 1.49. The zero-order chi connectivity index (χ0) is 29.9. The molecule has 0 N–H and O–H groups in total. The van der Waals surface area contributed by atoms with Crippen molar-refractivity contribution in [3.8, 4) is 33.9 Å². The first-order valence-electron chi connectivity index (χ1n) is 14.9. The fourth-order valence-electron chi connectivity index (χ4n) is 6.37. The summed E-state index contributed by atoms with van der Waals surface area (Å²) >= 11 is 0.